The summed E-state index contributed by atoms with van der Waals surface area (Å²) in [6.45, 7) is 4.34. The van der Waals surface area contributed by atoms with Crippen molar-refractivity contribution in [3.63, 3.8) is 0 Å². The fourth-order valence-corrected chi connectivity index (χ4v) is 3.33. The Morgan fingerprint density at radius 1 is 1.53 bits per heavy atom. The van der Waals surface area contributed by atoms with E-state index < -0.39 is 0 Å². The molecule has 1 aromatic rings. The second-order valence-electron chi connectivity index (χ2n) is 4.97. The molecule has 0 amide bonds. The molecule has 1 saturated heterocycles. The molecule has 3 nitrogen and oxygen atoms in total. The van der Waals surface area contributed by atoms with E-state index in [0.717, 1.165) is 28.4 Å². The van der Waals surface area contributed by atoms with Gasteiger partial charge in [-0.15, -0.1) is 11.8 Å². The summed E-state index contributed by atoms with van der Waals surface area (Å²) in [6.07, 6.45) is 2.40. The molecule has 1 fully saturated rings. The van der Waals surface area contributed by atoms with Crippen molar-refractivity contribution in [2.75, 3.05) is 31.2 Å². The van der Waals surface area contributed by atoms with Crippen LogP contribution >= 0.6 is 11.8 Å². The molecule has 0 aromatic heterocycles. The molecule has 0 spiro atoms. The van der Waals surface area contributed by atoms with Crippen molar-refractivity contribution in [1.82, 2.24) is 4.90 Å². The fourth-order valence-electron chi connectivity index (χ4n) is 2.55. The lowest BCUT2D eigenvalue weighted by atomic mass is 10.1. The number of benzene rings is 1. The number of nitriles is 1. The number of anilines is 1. The van der Waals surface area contributed by atoms with Crippen molar-refractivity contribution < 1.29 is 0 Å². The Kier molecular flexibility index (Phi) is 5.12. The molecule has 0 radical (unpaired) electrons. The SMILES string of the molecule is CCSc1cccc(NC2CCCN(C)C2)c1C#N. The molecule has 2 rings (SSSR count). The molecule has 0 aliphatic carbocycles. The summed E-state index contributed by atoms with van der Waals surface area (Å²) in [7, 11) is 2.16. The number of piperidine rings is 1. The maximum Gasteiger partial charge on any atom is 0.102 e. The van der Waals surface area contributed by atoms with E-state index in [-0.39, 0.29) is 0 Å². The average Bonchev–Trinajstić information content (AvgIpc) is 2.39. The van der Waals surface area contributed by atoms with Crippen LogP contribution in [-0.4, -0.2) is 36.8 Å². The highest BCUT2D eigenvalue weighted by Crippen LogP contribution is 2.29. The van der Waals surface area contributed by atoms with E-state index in [1.807, 2.05) is 18.2 Å². The third kappa shape index (κ3) is 3.65. The molecule has 102 valence electrons. The second kappa shape index (κ2) is 6.83. The minimum atomic E-state index is 0.452. The summed E-state index contributed by atoms with van der Waals surface area (Å²) < 4.78 is 0. The lowest BCUT2D eigenvalue weighted by molar-refractivity contribution is 0.261. The summed E-state index contributed by atoms with van der Waals surface area (Å²) >= 11 is 1.73. The Bertz CT molecular complexity index is 467. The van der Waals surface area contributed by atoms with E-state index >= 15 is 0 Å². The lowest BCUT2D eigenvalue weighted by Gasteiger charge is -2.31. The third-order valence-electron chi connectivity index (χ3n) is 3.42. The first kappa shape index (κ1) is 14.2. The van der Waals surface area contributed by atoms with Crippen molar-refractivity contribution in [1.29, 1.82) is 5.26 Å². The number of likely N-dealkylation sites (N-methyl/N-ethyl adjacent to an activating group) is 1. The van der Waals surface area contributed by atoms with Crippen molar-refractivity contribution in [3.8, 4) is 6.07 Å². The highest BCUT2D eigenvalue weighted by atomic mass is 32.2. The first-order valence-corrected chi connectivity index (χ1v) is 7.84. The van der Waals surface area contributed by atoms with Gasteiger partial charge in [0.15, 0.2) is 0 Å². The summed E-state index contributed by atoms with van der Waals surface area (Å²) in [5, 5.41) is 12.9. The molecule has 1 aliphatic heterocycles. The van der Waals surface area contributed by atoms with E-state index in [0.29, 0.717) is 6.04 Å². The number of nitrogens with one attached hydrogen (secondary N) is 1. The van der Waals surface area contributed by atoms with Crippen LogP contribution in [-0.2, 0) is 0 Å². The van der Waals surface area contributed by atoms with Crippen molar-refractivity contribution in [2.24, 2.45) is 0 Å². The molecule has 1 aromatic carbocycles. The van der Waals surface area contributed by atoms with Crippen LogP contribution in [0.15, 0.2) is 23.1 Å². The highest BCUT2D eigenvalue weighted by Gasteiger charge is 2.18. The first-order chi connectivity index (χ1) is 9.24. The van der Waals surface area contributed by atoms with E-state index in [9.17, 15) is 5.26 Å². The largest absolute Gasteiger partial charge is 0.380 e. The molecule has 1 heterocycles. The smallest absolute Gasteiger partial charge is 0.102 e. The predicted molar refractivity (Wildman–Crippen MR) is 81.7 cm³/mol. The second-order valence-corrected chi connectivity index (χ2v) is 6.28. The first-order valence-electron chi connectivity index (χ1n) is 6.85. The average molecular weight is 275 g/mol. The maximum atomic E-state index is 9.39. The summed E-state index contributed by atoms with van der Waals surface area (Å²) in [6, 6.07) is 8.89. The van der Waals surface area contributed by atoms with Gasteiger partial charge in [-0.1, -0.05) is 13.0 Å². The van der Waals surface area contributed by atoms with Gasteiger partial charge in [-0.25, -0.2) is 0 Å². The van der Waals surface area contributed by atoms with Crippen LogP contribution in [0.5, 0.6) is 0 Å². The molecule has 4 heteroatoms. The van der Waals surface area contributed by atoms with Gasteiger partial charge in [-0.05, 0) is 44.3 Å². The van der Waals surface area contributed by atoms with Crippen LogP contribution in [0.3, 0.4) is 0 Å². The number of rotatable bonds is 4. The van der Waals surface area contributed by atoms with Crippen molar-refractivity contribution >= 4 is 17.4 Å². The number of nitrogens with zero attached hydrogens (tertiary/aromatic N) is 2. The zero-order valence-corrected chi connectivity index (χ0v) is 12.5. The number of hydrogen-bond donors (Lipinski definition) is 1. The van der Waals surface area contributed by atoms with Gasteiger partial charge in [0.2, 0.25) is 0 Å². The fraction of sp³-hybridized carbons (Fsp3) is 0.533. The maximum absolute atomic E-state index is 9.39. The topological polar surface area (TPSA) is 39.1 Å². The highest BCUT2D eigenvalue weighted by molar-refractivity contribution is 7.99. The van der Waals surface area contributed by atoms with Crippen LogP contribution in [0, 0.1) is 11.3 Å². The van der Waals surface area contributed by atoms with Gasteiger partial charge in [-0.3, -0.25) is 0 Å². The van der Waals surface area contributed by atoms with Crippen LogP contribution in [0.4, 0.5) is 5.69 Å². The number of hydrogen-bond acceptors (Lipinski definition) is 4. The van der Waals surface area contributed by atoms with Gasteiger partial charge in [0.05, 0.1) is 11.3 Å². The monoisotopic (exact) mass is 275 g/mol. The minimum absolute atomic E-state index is 0.452. The van der Waals surface area contributed by atoms with Gasteiger partial charge in [0.1, 0.15) is 6.07 Å². The molecule has 1 unspecified atom stereocenters. The Morgan fingerprint density at radius 2 is 2.37 bits per heavy atom. The van der Waals surface area contributed by atoms with E-state index in [1.165, 1.54) is 19.4 Å². The quantitative estimate of drug-likeness (QED) is 0.857. The number of thioether (sulfide) groups is 1. The minimum Gasteiger partial charge on any atom is -0.380 e. The van der Waals surface area contributed by atoms with Gasteiger partial charge in [-0.2, -0.15) is 5.26 Å². The van der Waals surface area contributed by atoms with E-state index in [4.69, 9.17) is 0 Å². The van der Waals surface area contributed by atoms with Gasteiger partial charge in [0.25, 0.3) is 0 Å². The van der Waals surface area contributed by atoms with E-state index in [1.54, 1.807) is 11.8 Å². The molecule has 19 heavy (non-hydrogen) atoms. The Balaban J connectivity index is 2.15. The van der Waals surface area contributed by atoms with Crippen molar-refractivity contribution in [3.05, 3.63) is 23.8 Å². The van der Waals surface area contributed by atoms with Crippen LogP contribution in [0.2, 0.25) is 0 Å². The summed E-state index contributed by atoms with van der Waals surface area (Å²) in [5.41, 5.74) is 1.78. The molecule has 0 saturated carbocycles. The van der Waals surface area contributed by atoms with Gasteiger partial charge in [0, 0.05) is 17.5 Å². The van der Waals surface area contributed by atoms with Gasteiger partial charge >= 0.3 is 0 Å². The molecular formula is C15H21N3S. The van der Waals surface area contributed by atoms with Crippen LogP contribution in [0.25, 0.3) is 0 Å². The molecule has 1 atom stereocenters. The summed E-state index contributed by atoms with van der Waals surface area (Å²) in [5.74, 6) is 0.990. The zero-order chi connectivity index (χ0) is 13.7. The van der Waals surface area contributed by atoms with E-state index in [2.05, 4.69) is 30.3 Å². The lowest BCUT2D eigenvalue weighted by Crippen LogP contribution is -2.39. The third-order valence-corrected chi connectivity index (χ3v) is 4.36. The zero-order valence-electron chi connectivity index (χ0n) is 11.6. The summed E-state index contributed by atoms with van der Waals surface area (Å²) in [4.78, 5) is 3.43. The molecule has 1 N–H and O–H groups in total. The predicted octanol–water partition coefficient (Wildman–Crippen LogP) is 3.18. The normalized spacial score (nSPS) is 19.9. The number of likely N-dealkylation sites (tertiary alicyclic amines) is 1. The molecule has 0 bridgehead atoms. The van der Waals surface area contributed by atoms with Crippen molar-refractivity contribution in [2.45, 2.75) is 30.7 Å². The molecule has 1 aliphatic rings. The van der Waals surface area contributed by atoms with Crippen LogP contribution in [0.1, 0.15) is 25.3 Å². The Labute approximate surface area is 120 Å². The van der Waals surface area contributed by atoms with Crippen LogP contribution < -0.4 is 5.32 Å². The Morgan fingerprint density at radius 3 is 3.05 bits per heavy atom. The van der Waals surface area contributed by atoms with Gasteiger partial charge < -0.3 is 10.2 Å². The molecular weight excluding hydrogens is 254 g/mol. The standard InChI is InChI=1S/C15H21N3S/c1-3-19-15-8-4-7-14(13(15)10-16)17-12-6-5-9-18(2)11-12/h4,7-8,12,17H,3,5-6,9,11H2,1-2H3. The Hall–Kier alpha value is -1.18.